The lowest BCUT2D eigenvalue weighted by Crippen LogP contribution is -2.31. The molecule has 0 saturated heterocycles. The zero-order chi connectivity index (χ0) is 17.2. The smallest absolute Gasteiger partial charge is 0.306 e. The van der Waals surface area contributed by atoms with Crippen molar-refractivity contribution in [3.63, 3.8) is 0 Å². The number of H-pyrrole nitrogens is 1. The lowest BCUT2D eigenvalue weighted by Gasteiger charge is -2.08. The summed E-state index contributed by atoms with van der Waals surface area (Å²) in [7, 11) is -3.45. The Bertz CT molecular complexity index is 1020. The van der Waals surface area contributed by atoms with Crippen LogP contribution < -0.4 is 10.4 Å². The molecular formula is C17H19N3O3S. The van der Waals surface area contributed by atoms with Crippen molar-refractivity contribution in [1.82, 2.24) is 14.3 Å². The third-order valence-corrected chi connectivity index (χ3v) is 5.14. The molecule has 6 nitrogen and oxygen atoms in total. The molecule has 2 aromatic carbocycles. The Morgan fingerprint density at radius 3 is 2.71 bits per heavy atom. The van der Waals surface area contributed by atoms with E-state index in [0.29, 0.717) is 0 Å². The van der Waals surface area contributed by atoms with Gasteiger partial charge < -0.3 is 4.98 Å². The van der Waals surface area contributed by atoms with Gasteiger partial charge in [-0.25, -0.2) is 17.9 Å². The number of benzene rings is 2. The van der Waals surface area contributed by atoms with E-state index in [1.54, 1.807) is 6.07 Å². The third kappa shape index (κ3) is 3.74. The van der Waals surface area contributed by atoms with Crippen LogP contribution in [0.3, 0.4) is 0 Å². The first-order valence-corrected chi connectivity index (χ1v) is 9.30. The van der Waals surface area contributed by atoms with Crippen molar-refractivity contribution in [2.45, 2.75) is 19.2 Å². The van der Waals surface area contributed by atoms with E-state index in [1.165, 1.54) is 4.57 Å². The van der Waals surface area contributed by atoms with Gasteiger partial charge in [-0.2, -0.15) is 0 Å². The summed E-state index contributed by atoms with van der Waals surface area (Å²) in [5.74, 6) is -0.0720. The van der Waals surface area contributed by atoms with E-state index in [9.17, 15) is 13.2 Å². The predicted octanol–water partition coefficient (Wildman–Crippen LogP) is 1.76. The molecule has 0 atom stereocenters. The maximum absolute atomic E-state index is 12.2. The van der Waals surface area contributed by atoms with Crippen molar-refractivity contribution < 1.29 is 8.42 Å². The van der Waals surface area contributed by atoms with Crippen LogP contribution in [-0.4, -0.2) is 24.5 Å². The highest BCUT2D eigenvalue weighted by atomic mass is 32.2. The van der Waals surface area contributed by atoms with Crippen LogP contribution in [0.5, 0.6) is 0 Å². The zero-order valence-corrected chi connectivity index (χ0v) is 14.1. The number of aromatic nitrogens is 2. The van der Waals surface area contributed by atoms with Crippen molar-refractivity contribution in [1.29, 1.82) is 0 Å². The van der Waals surface area contributed by atoms with Gasteiger partial charge in [0.15, 0.2) is 0 Å². The standard InChI is InChI=1S/C17H19N3O3S/c1-13-5-4-6-14(11-13)12-24(22,23)18-9-10-20-16-8-3-2-7-15(16)19-17(20)21/h2-8,11,18H,9-10,12H2,1H3,(H,19,21). The largest absolute Gasteiger partial charge is 0.326 e. The number of sulfonamides is 1. The lowest BCUT2D eigenvalue weighted by atomic mass is 10.2. The van der Waals surface area contributed by atoms with Gasteiger partial charge in [-0.15, -0.1) is 0 Å². The second kappa shape index (κ2) is 6.62. The summed E-state index contributed by atoms with van der Waals surface area (Å²) in [5.41, 5.74) is 3.03. The number of nitrogens with zero attached hydrogens (tertiary/aromatic N) is 1. The zero-order valence-electron chi connectivity index (χ0n) is 13.3. The number of imidazole rings is 1. The molecule has 0 unspecified atom stereocenters. The van der Waals surface area contributed by atoms with Crippen LogP contribution in [0.2, 0.25) is 0 Å². The molecule has 0 spiro atoms. The van der Waals surface area contributed by atoms with Crippen molar-refractivity contribution in [2.75, 3.05) is 6.54 Å². The number of rotatable bonds is 6. The Labute approximate surface area is 140 Å². The summed E-state index contributed by atoms with van der Waals surface area (Å²) >= 11 is 0. The van der Waals surface area contributed by atoms with Crippen molar-refractivity contribution in [3.05, 3.63) is 70.1 Å². The van der Waals surface area contributed by atoms with Gasteiger partial charge >= 0.3 is 5.69 Å². The fraction of sp³-hybridized carbons (Fsp3) is 0.235. The Morgan fingerprint density at radius 1 is 1.12 bits per heavy atom. The van der Waals surface area contributed by atoms with Gasteiger partial charge in [-0.05, 0) is 24.6 Å². The summed E-state index contributed by atoms with van der Waals surface area (Å²) in [6, 6.07) is 14.7. The number of fused-ring (bicyclic) bond motifs is 1. The van der Waals surface area contributed by atoms with Crippen LogP contribution in [0.15, 0.2) is 53.3 Å². The molecule has 0 bridgehead atoms. The Hall–Kier alpha value is -2.38. The predicted molar refractivity (Wildman–Crippen MR) is 94.4 cm³/mol. The number of aryl methyl sites for hydroxylation is 1. The van der Waals surface area contributed by atoms with Gasteiger partial charge in [0, 0.05) is 13.1 Å². The first kappa shape index (κ1) is 16.5. The molecule has 0 saturated carbocycles. The highest BCUT2D eigenvalue weighted by Crippen LogP contribution is 2.09. The van der Waals surface area contributed by atoms with E-state index >= 15 is 0 Å². The third-order valence-electron chi connectivity index (χ3n) is 3.78. The lowest BCUT2D eigenvalue weighted by molar-refractivity contribution is 0.571. The van der Waals surface area contributed by atoms with Crippen LogP contribution in [-0.2, 0) is 22.3 Å². The van der Waals surface area contributed by atoms with Crippen LogP contribution >= 0.6 is 0 Å². The van der Waals surface area contributed by atoms with Crippen LogP contribution in [0.4, 0.5) is 0 Å². The monoisotopic (exact) mass is 345 g/mol. The molecule has 0 radical (unpaired) electrons. The van der Waals surface area contributed by atoms with E-state index in [0.717, 1.165) is 22.2 Å². The molecule has 0 aliphatic rings. The van der Waals surface area contributed by atoms with E-state index in [1.807, 2.05) is 49.4 Å². The summed E-state index contributed by atoms with van der Waals surface area (Å²) in [4.78, 5) is 14.7. The second-order valence-electron chi connectivity index (χ2n) is 5.74. The molecule has 3 aromatic rings. The number of hydrogen-bond donors (Lipinski definition) is 2. The van der Waals surface area contributed by atoms with Crippen LogP contribution in [0.25, 0.3) is 11.0 Å². The van der Waals surface area contributed by atoms with Crippen molar-refractivity contribution in [3.8, 4) is 0 Å². The molecule has 0 aliphatic heterocycles. The Kier molecular flexibility index (Phi) is 4.55. The Balaban J connectivity index is 1.67. The summed E-state index contributed by atoms with van der Waals surface area (Å²) in [6.07, 6.45) is 0. The fourth-order valence-corrected chi connectivity index (χ4v) is 3.84. The summed E-state index contributed by atoms with van der Waals surface area (Å²) < 4.78 is 28.5. The second-order valence-corrected chi connectivity index (χ2v) is 7.55. The molecule has 2 N–H and O–H groups in total. The van der Waals surface area contributed by atoms with Gasteiger partial charge in [0.2, 0.25) is 10.0 Å². The first-order chi connectivity index (χ1) is 11.4. The minimum Gasteiger partial charge on any atom is -0.306 e. The van der Waals surface area contributed by atoms with E-state index in [2.05, 4.69) is 9.71 Å². The number of aromatic amines is 1. The molecule has 126 valence electrons. The quantitative estimate of drug-likeness (QED) is 0.714. The molecule has 0 aliphatic carbocycles. The van der Waals surface area contributed by atoms with Gasteiger partial charge in [0.1, 0.15) is 0 Å². The number of hydrogen-bond acceptors (Lipinski definition) is 3. The van der Waals surface area contributed by atoms with Gasteiger partial charge in [-0.3, -0.25) is 4.57 Å². The molecule has 3 rings (SSSR count). The van der Waals surface area contributed by atoms with E-state index < -0.39 is 10.0 Å². The Morgan fingerprint density at radius 2 is 1.92 bits per heavy atom. The van der Waals surface area contributed by atoms with Crippen molar-refractivity contribution in [2.24, 2.45) is 0 Å². The topological polar surface area (TPSA) is 84.0 Å². The molecule has 1 heterocycles. The molecule has 7 heteroatoms. The maximum atomic E-state index is 12.2. The number of nitrogens with one attached hydrogen (secondary N) is 2. The molecule has 0 fully saturated rings. The SMILES string of the molecule is Cc1cccc(CS(=O)(=O)NCCn2c(=O)[nH]c3ccccc32)c1. The molecular weight excluding hydrogens is 326 g/mol. The average molecular weight is 345 g/mol. The first-order valence-electron chi connectivity index (χ1n) is 7.65. The minimum atomic E-state index is -3.45. The minimum absolute atomic E-state index is 0.0720. The van der Waals surface area contributed by atoms with E-state index in [-0.39, 0.29) is 24.5 Å². The fourth-order valence-electron chi connectivity index (χ4n) is 2.71. The van der Waals surface area contributed by atoms with Gasteiger partial charge in [-0.1, -0.05) is 42.0 Å². The van der Waals surface area contributed by atoms with E-state index in [4.69, 9.17) is 0 Å². The highest BCUT2D eigenvalue weighted by molar-refractivity contribution is 7.88. The van der Waals surface area contributed by atoms with Crippen LogP contribution in [0, 0.1) is 6.92 Å². The number of para-hydroxylation sites is 2. The maximum Gasteiger partial charge on any atom is 0.326 e. The van der Waals surface area contributed by atoms with Crippen LogP contribution in [0.1, 0.15) is 11.1 Å². The summed E-state index contributed by atoms with van der Waals surface area (Å²) in [6.45, 7) is 2.36. The average Bonchev–Trinajstić information content (AvgIpc) is 2.83. The van der Waals surface area contributed by atoms with Gasteiger partial charge in [0.05, 0.1) is 16.8 Å². The molecule has 0 amide bonds. The molecule has 24 heavy (non-hydrogen) atoms. The normalized spacial score (nSPS) is 11.9. The van der Waals surface area contributed by atoms with Crippen molar-refractivity contribution >= 4 is 21.1 Å². The van der Waals surface area contributed by atoms with Gasteiger partial charge in [0.25, 0.3) is 0 Å². The summed E-state index contributed by atoms with van der Waals surface area (Å²) in [5, 5.41) is 0. The highest BCUT2D eigenvalue weighted by Gasteiger charge is 2.12. The molecule has 1 aromatic heterocycles.